The van der Waals surface area contributed by atoms with Gasteiger partial charge in [0.1, 0.15) is 0 Å². The first kappa shape index (κ1) is 21.6. The average molecular weight is 422 g/mol. The van der Waals surface area contributed by atoms with E-state index < -0.39 is 0 Å². The monoisotopic (exact) mass is 421 g/mol. The summed E-state index contributed by atoms with van der Waals surface area (Å²) in [5.74, 6) is 2.10. The average Bonchev–Trinajstić information content (AvgIpc) is 2.85. The van der Waals surface area contributed by atoms with Gasteiger partial charge in [0, 0.05) is 38.8 Å². The topological polar surface area (TPSA) is 52.6 Å². The van der Waals surface area contributed by atoms with E-state index >= 15 is 0 Å². The molecule has 0 radical (unpaired) electrons. The number of piperidine rings is 1. The maximum absolute atomic E-state index is 13.1. The lowest BCUT2D eigenvalue weighted by molar-refractivity contribution is -0.133. The van der Waals surface area contributed by atoms with E-state index in [9.17, 15) is 4.79 Å². The number of anilines is 2. The molecule has 2 aliphatic rings. The summed E-state index contributed by atoms with van der Waals surface area (Å²) in [5.41, 5.74) is 1.11. The van der Waals surface area contributed by atoms with Crippen LogP contribution in [0.25, 0.3) is 0 Å². The standard InChI is InChI=1S/C25H35N5O/c1-3-21-12-8-9-15-30(21)24-14-13-23(26-27-24)28-16-18-29(19-17-28)25(31)22(4-2)20-10-6-5-7-11-20/h5-7,10-11,13-14,21-22H,3-4,8-9,12,15-19H2,1-2H3. The van der Waals surface area contributed by atoms with Crippen molar-refractivity contribution in [2.45, 2.75) is 57.9 Å². The maximum Gasteiger partial charge on any atom is 0.230 e. The molecule has 6 nitrogen and oxygen atoms in total. The van der Waals surface area contributed by atoms with Gasteiger partial charge in [-0.15, -0.1) is 10.2 Å². The number of piperazine rings is 1. The number of carbonyl (C=O) groups excluding carboxylic acids is 1. The Kier molecular flexibility index (Phi) is 7.05. The number of hydrogen-bond acceptors (Lipinski definition) is 5. The summed E-state index contributed by atoms with van der Waals surface area (Å²) in [5, 5.41) is 9.11. The normalized spacial score (nSPS) is 20.6. The van der Waals surface area contributed by atoms with Gasteiger partial charge in [-0.1, -0.05) is 44.2 Å². The van der Waals surface area contributed by atoms with Gasteiger partial charge in [-0.3, -0.25) is 4.79 Å². The Bertz CT molecular complexity index is 833. The van der Waals surface area contributed by atoms with Gasteiger partial charge < -0.3 is 14.7 Å². The molecule has 166 valence electrons. The van der Waals surface area contributed by atoms with Gasteiger partial charge in [0.25, 0.3) is 0 Å². The minimum absolute atomic E-state index is 0.0529. The first-order valence-corrected chi connectivity index (χ1v) is 11.9. The van der Waals surface area contributed by atoms with Crippen LogP contribution in [0.5, 0.6) is 0 Å². The molecule has 2 saturated heterocycles. The Morgan fingerprint density at radius 3 is 2.29 bits per heavy atom. The molecule has 0 aliphatic carbocycles. The van der Waals surface area contributed by atoms with E-state index in [2.05, 4.69) is 58.1 Å². The molecule has 0 spiro atoms. The second kappa shape index (κ2) is 10.1. The van der Waals surface area contributed by atoms with Crippen LogP contribution in [0.2, 0.25) is 0 Å². The molecule has 0 N–H and O–H groups in total. The van der Waals surface area contributed by atoms with Crippen molar-refractivity contribution in [3.8, 4) is 0 Å². The number of aromatic nitrogens is 2. The van der Waals surface area contributed by atoms with E-state index in [0.717, 1.165) is 62.8 Å². The number of amides is 1. The van der Waals surface area contributed by atoms with E-state index in [1.54, 1.807) is 0 Å². The zero-order valence-corrected chi connectivity index (χ0v) is 18.9. The molecule has 1 aromatic heterocycles. The lowest BCUT2D eigenvalue weighted by Gasteiger charge is -2.37. The smallest absolute Gasteiger partial charge is 0.230 e. The summed E-state index contributed by atoms with van der Waals surface area (Å²) >= 11 is 0. The molecule has 2 aromatic rings. The second-order valence-corrected chi connectivity index (χ2v) is 8.68. The summed E-state index contributed by atoms with van der Waals surface area (Å²) in [6, 6.07) is 14.9. The minimum atomic E-state index is -0.0529. The van der Waals surface area contributed by atoms with Crippen molar-refractivity contribution in [3.63, 3.8) is 0 Å². The Labute approximate surface area is 186 Å². The molecule has 3 heterocycles. The summed E-state index contributed by atoms with van der Waals surface area (Å²) in [4.78, 5) is 19.8. The SMILES string of the molecule is CCC(C(=O)N1CCN(c2ccc(N3CCCCC3CC)nn2)CC1)c1ccccc1. The van der Waals surface area contributed by atoms with Gasteiger partial charge >= 0.3 is 0 Å². The zero-order valence-electron chi connectivity index (χ0n) is 18.9. The second-order valence-electron chi connectivity index (χ2n) is 8.68. The largest absolute Gasteiger partial charge is 0.352 e. The Hall–Kier alpha value is -2.63. The predicted molar refractivity (Wildman–Crippen MR) is 126 cm³/mol. The fourth-order valence-electron chi connectivity index (χ4n) is 4.98. The third-order valence-electron chi connectivity index (χ3n) is 6.85. The lowest BCUT2D eigenvalue weighted by atomic mass is 9.95. The zero-order chi connectivity index (χ0) is 21.6. The highest BCUT2D eigenvalue weighted by Crippen LogP contribution is 2.26. The van der Waals surface area contributed by atoms with Crippen LogP contribution in [0.3, 0.4) is 0 Å². The van der Waals surface area contributed by atoms with E-state index in [1.165, 1.54) is 19.3 Å². The van der Waals surface area contributed by atoms with Gasteiger partial charge in [-0.25, -0.2) is 0 Å². The predicted octanol–water partition coefficient (Wildman–Crippen LogP) is 4.09. The van der Waals surface area contributed by atoms with Gasteiger partial charge in [-0.05, 0) is 49.8 Å². The van der Waals surface area contributed by atoms with Crippen LogP contribution in [0.4, 0.5) is 11.6 Å². The molecule has 31 heavy (non-hydrogen) atoms. The van der Waals surface area contributed by atoms with E-state index in [4.69, 9.17) is 0 Å². The molecule has 1 aromatic carbocycles. The molecule has 1 amide bonds. The summed E-state index contributed by atoms with van der Waals surface area (Å²) in [7, 11) is 0. The number of nitrogens with zero attached hydrogens (tertiary/aromatic N) is 5. The summed E-state index contributed by atoms with van der Waals surface area (Å²) in [6.07, 6.45) is 5.77. The fraction of sp³-hybridized carbons (Fsp3) is 0.560. The number of hydrogen-bond donors (Lipinski definition) is 0. The number of benzene rings is 1. The van der Waals surface area contributed by atoms with Crippen LogP contribution in [0.1, 0.15) is 57.4 Å². The highest BCUT2D eigenvalue weighted by Gasteiger charge is 2.28. The molecule has 6 heteroatoms. The highest BCUT2D eigenvalue weighted by molar-refractivity contribution is 5.84. The highest BCUT2D eigenvalue weighted by atomic mass is 16.2. The van der Waals surface area contributed by atoms with Gasteiger partial charge in [0.2, 0.25) is 5.91 Å². The van der Waals surface area contributed by atoms with Crippen molar-refractivity contribution in [3.05, 3.63) is 48.0 Å². The molecule has 2 fully saturated rings. The molecule has 2 aliphatic heterocycles. The third kappa shape index (κ3) is 4.83. The maximum atomic E-state index is 13.1. The van der Waals surface area contributed by atoms with Crippen molar-refractivity contribution < 1.29 is 4.79 Å². The van der Waals surface area contributed by atoms with Crippen molar-refractivity contribution in [1.82, 2.24) is 15.1 Å². The molecule has 0 bridgehead atoms. The van der Waals surface area contributed by atoms with Crippen LogP contribution in [0.15, 0.2) is 42.5 Å². The lowest BCUT2D eigenvalue weighted by Crippen LogP contribution is -2.50. The van der Waals surface area contributed by atoms with Gasteiger partial charge in [0.05, 0.1) is 5.92 Å². The Morgan fingerprint density at radius 1 is 0.935 bits per heavy atom. The van der Waals surface area contributed by atoms with E-state index in [-0.39, 0.29) is 11.8 Å². The van der Waals surface area contributed by atoms with Gasteiger partial charge in [0.15, 0.2) is 11.6 Å². The van der Waals surface area contributed by atoms with E-state index in [0.29, 0.717) is 6.04 Å². The van der Waals surface area contributed by atoms with Crippen LogP contribution < -0.4 is 9.80 Å². The third-order valence-corrected chi connectivity index (χ3v) is 6.85. The van der Waals surface area contributed by atoms with Crippen molar-refractivity contribution in [1.29, 1.82) is 0 Å². The van der Waals surface area contributed by atoms with Crippen LogP contribution in [-0.2, 0) is 4.79 Å². The van der Waals surface area contributed by atoms with Crippen molar-refractivity contribution in [2.24, 2.45) is 0 Å². The number of carbonyl (C=O) groups is 1. The van der Waals surface area contributed by atoms with Crippen molar-refractivity contribution >= 4 is 17.5 Å². The molecule has 2 unspecified atom stereocenters. The Balaban J connectivity index is 1.36. The first-order valence-electron chi connectivity index (χ1n) is 11.9. The van der Waals surface area contributed by atoms with E-state index in [1.807, 2.05) is 23.1 Å². The molecule has 0 saturated carbocycles. The molecular weight excluding hydrogens is 386 g/mol. The molecule has 4 rings (SSSR count). The van der Waals surface area contributed by atoms with Crippen LogP contribution in [0, 0.1) is 0 Å². The van der Waals surface area contributed by atoms with Gasteiger partial charge in [-0.2, -0.15) is 0 Å². The van der Waals surface area contributed by atoms with Crippen LogP contribution in [-0.4, -0.2) is 59.8 Å². The van der Waals surface area contributed by atoms with Crippen LogP contribution >= 0.6 is 0 Å². The number of rotatable bonds is 6. The summed E-state index contributed by atoms with van der Waals surface area (Å²) < 4.78 is 0. The quantitative estimate of drug-likeness (QED) is 0.703. The van der Waals surface area contributed by atoms with Crippen molar-refractivity contribution in [2.75, 3.05) is 42.5 Å². The minimum Gasteiger partial charge on any atom is -0.352 e. The fourth-order valence-corrected chi connectivity index (χ4v) is 4.98. The summed E-state index contributed by atoms with van der Waals surface area (Å²) in [6.45, 7) is 8.48. The molecular formula is C25H35N5O. The Morgan fingerprint density at radius 2 is 1.65 bits per heavy atom. The first-order chi connectivity index (χ1) is 15.2. The molecule has 2 atom stereocenters.